The summed E-state index contributed by atoms with van der Waals surface area (Å²) in [5.41, 5.74) is 9.11. The molecular formula is C18H20N2O. The summed E-state index contributed by atoms with van der Waals surface area (Å²) in [5, 5.41) is 0. The van der Waals surface area contributed by atoms with Gasteiger partial charge in [0.05, 0.1) is 0 Å². The van der Waals surface area contributed by atoms with Gasteiger partial charge in [0.25, 0.3) is 0 Å². The zero-order valence-corrected chi connectivity index (χ0v) is 12.4. The first kappa shape index (κ1) is 15.0. The van der Waals surface area contributed by atoms with Gasteiger partial charge in [-0.05, 0) is 36.9 Å². The number of nitrogens with zero attached hydrogens (tertiary/aromatic N) is 1. The fourth-order valence-electron chi connectivity index (χ4n) is 2.15. The number of carbonyl (C=O) groups is 1. The number of nitrogens with two attached hydrogens (primary N) is 1. The molecule has 108 valence electrons. The van der Waals surface area contributed by atoms with Crippen LogP contribution in [0.15, 0.2) is 48.5 Å². The van der Waals surface area contributed by atoms with E-state index in [9.17, 15) is 4.79 Å². The highest BCUT2D eigenvalue weighted by molar-refractivity contribution is 5.97. The Labute approximate surface area is 125 Å². The summed E-state index contributed by atoms with van der Waals surface area (Å²) >= 11 is 0. The monoisotopic (exact) mass is 280 g/mol. The van der Waals surface area contributed by atoms with Crippen LogP contribution in [-0.2, 0) is 6.54 Å². The van der Waals surface area contributed by atoms with E-state index in [1.807, 2.05) is 30.4 Å². The van der Waals surface area contributed by atoms with Gasteiger partial charge in [0.2, 0.25) is 5.91 Å². The van der Waals surface area contributed by atoms with Crippen molar-refractivity contribution >= 4 is 18.1 Å². The van der Waals surface area contributed by atoms with Crippen molar-refractivity contribution in [1.29, 1.82) is 0 Å². The Balaban J connectivity index is 2.16. The van der Waals surface area contributed by atoms with Crippen LogP contribution in [-0.4, -0.2) is 24.9 Å². The summed E-state index contributed by atoms with van der Waals surface area (Å²) in [6.45, 7) is 0.925. The van der Waals surface area contributed by atoms with Gasteiger partial charge < -0.3 is 10.6 Å². The molecule has 0 fully saturated rings. The molecule has 2 rings (SSSR count). The molecule has 0 aliphatic rings. The number of benzene rings is 2. The van der Waals surface area contributed by atoms with E-state index in [0.717, 1.165) is 17.7 Å². The third kappa shape index (κ3) is 4.29. The van der Waals surface area contributed by atoms with Gasteiger partial charge in [-0.1, -0.05) is 54.6 Å². The molecule has 2 N–H and O–H groups in total. The van der Waals surface area contributed by atoms with Crippen LogP contribution in [0.1, 0.15) is 27.0 Å². The molecule has 2 aromatic rings. The molecule has 3 nitrogen and oxygen atoms in total. The van der Waals surface area contributed by atoms with Crippen LogP contribution in [0.3, 0.4) is 0 Å². The molecule has 3 heteroatoms. The van der Waals surface area contributed by atoms with Gasteiger partial charge in [-0.3, -0.25) is 4.79 Å². The predicted molar refractivity (Wildman–Crippen MR) is 87.7 cm³/mol. The van der Waals surface area contributed by atoms with Crippen molar-refractivity contribution in [3.05, 3.63) is 70.8 Å². The molecule has 0 bridgehead atoms. The molecule has 21 heavy (non-hydrogen) atoms. The average Bonchev–Trinajstić information content (AvgIpc) is 2.46. The minimum atomic E-state index is -0.406. The van der Waals surface area contributed by atoms with Gasteiger partial charge >= 0.3 is 0 Å². The fraction of sp³-hybridized carbons (Fsp3) is 0.167. The number of amides is 1. The summed E-state index contributed by atoms with van der Waals surface area (Å²) in [6, 6.07) is 15.7. The molecule has 0 unspecified atom stereocenters. The second-order valence-electron chi connectivity index (χ2n) is 5.26. The Bertz CT molecular complexity index is 643. The Morgan fingerprint density at radius 3 is 2.33 bits per heavy atom. The van der Waals surface area contributed by atoms with E-state index >= 15 is 0 Å². The summed E-state index contributed by atoms with van der Waals surface area (Å²) in [5.74, 6) is -0.406. The molecule has 2 aromatic carbocycles. The lowest BCUT2D eigenvalue weighted by molar-refractivity contribution is 0.1000. The number of hydrogen-bond donors (Lipinski definition) is 1. The van der Waals surface area contributed by atoms with Crippen molar-refractivity contribution in [3.63, 3.8) is 0 Å². The summed E-state index contributed by atoms with van der Waals surface area (Å²) < 4.78 is 0. The molecular weight excluding hydrogens is 260 g/mol. The molecule has 0 saturated heterocycles. The van der Waals surface area contributed by atoms with Gasteiger partial charge in [-0.15, -0.1) is 0 Å². The van der Waals surface area contributed by atoms with E-state index < -0.39 is 5.91 Å². The first-order valence-electron chi connectivity index (χ1n) is 6.87. The quantitative estimate of drug-likeness (QED) is 0.856. The third-order valence-electron chi connectivity index (χ3n) is 3.16. The topological polar surface area (TPSA) is 46.3 Å². The lowest BCUT2D eigenvalue weighted by Gasteiger charge is -2.09. The van der Waals surface area contributed by atoms with Crippen LogP contribution in [0, 0.1) is 0 Å². The lowest BCUT2D eigenvalue weighted by atomic mass is 10.0. The fourth-order valence-corrected chi connectivity index (χ4v) is 2.15. The second-order valence-corrected chi connectivity index (χ2v) is 5.26. The van der Waals surface area contributed by atoms with Crippen molar-refractivity contribution in [1.82, 2.24) is 4.90 Å². The van der Waals surface area contributed by atoms with E-state index in [0.29, 0.717) is 5.56 Å². The van der Waals surface area contributed by atoms with Crippen molar-refractivity contribution in [2.24, 2.45) is 5.73 Å². The van der Waals surface area contributed by atoms with Crippen molar-refractivity contribution < 1.29 is 4.79 Å². The Hall–Kier alpha value is -2.39. The summed E-state index contributed by atoms with van der Waals surface area (Å²) in [6.07, 6.45) is 3.91. The van der Waals surface area contributed by atoms with Gasteiger partial charge in [0.15, 0.2) is 0 Å². The first-order chi connectivity index (χ1) is 10.1. The van der Waals surface area contributed by atoms with Gasteiger partial charge in [-0.25, -0.2) is 0 Å². The van der Waals surface area contributed by atoms with E-state index in [2.05, 4.69) is 43.3 Å². The molecule has 0 atom stereocenters. The standard InChI is InChI=1S/C18H20N2O/c1-20(2)13-15-9-7-14(8-10-15)11-12-16-5-3-4-6-17(16)18(19)21/h3-12H,13H2,1-2H3,(H2,19,21). The first-order valence-corrected chi connectivity index (χ1v) is 6.87. The molecule has 0 aliphatic heterocycles. The SMILES string of the molecule is CN(C)Cc1ccc(C=Cc2ccccc2C(N)=O)cc1. The van der Waals surface area contributed by atoms with Gasteiger partial charge in [0.1, 0.15) is 0 Å². The number of carbonyl (C=O) groups excluding carboxylic acids is 1. The van der Waals surface area contributed by atoms with E-state index in [-0.39, 0.29) is 0 Å². The molecule has 0 saturated carbocycles. The van der Waals surface area contributed by atoms with Gasteiger partial charge in [0, 0.05) is 12.1 Å². The molecule has 0 aliphatic carbocycles. The normalized spacial score (nSPS) is 11.2. The molecule has 0 radical (unpaired) electrons. The Morgan fingerprint density at radius 2 is 1.71 bits per heavy atom. The highest BCUT2D eigenvalue weighted by Gasteiger charge is 2.03. The van der Waals surface area contributed by atoms with Crippen molar-refractivity contribution in [2.45, 2.75) is 6.54 Å². The predicted octanol–water partition coefficient (Wildman–Crippen LogP) is 3.02. The molecule has 0 aromatic heterocycles. The zero-order chi connectivity index (χ0) is 15.2. The zero-order valence-electron chi connectivity index (χ0n) is 12.4. The van der Waals surface area contributed by atoms with Crippen LogP contribution in [0.4, 0.5) is 0 Å². The van der Waals surface area contributed by atoms with Crippen LogP contribution in [0.2, 0.25) is 0 Å². The number of rotatable bonds is 5. The molecule has 0 heterocycles. The Morgan fingerprint density at radius 1 is 1.05 bits per heavy atom. The van der Waals surface area contributed by atoms with E-state index in [1.54, 1.807) is 6.07 Å². The number of hydrogen-bond acceptors (Lipinski definition) is 2. The Kier molecular flexibility index (Phi) is 4.90. The van der Waals surface area contributed by atoms with Crippen LogP contribution >= 0.6 is 0 Å². The van der Waals surface area contributed by atoms with Gasteiger partial charge in [-0.2, -0.15) is 0 Å². The summed E-state index contributed by atoms with van der Waals surface area (Å²) in [7, 11) is 4.10. The van der Waals surface area contributed by atoms with Crippen LogP contribution < -0.4 is 5.73 Å². The molecule has 1 amide bonds. The van der Waals surface area contributed by atoms with Crippen molar-refractivity contribution in [3.8, 4) is 0 Å². The van der Waals surface area contributed by atoms with E-state index in [4.69, 9.17) is 5.73 Å². The third-order valence-corrected chi connectivity index (χ3v) is 3.16. The number of primary amides is 1. The average molecular weight is 280 g/mol. The maximum Gasteiger partial charge on any atom is 0.249 e. The lowest BCUT2D eigenvalue weighted by Crippen LogP contribution is -2.12. The largest absolute Gasteiger partial charge is 0.366 e. The summed E-state index contributed by atoms with van der Waals surface area (Å²) in [4.78, 5) is 13.5. The smallest absolute Gasteiger partial charge is 0.249 e. The second kappa shape index (κ2) is 6.86. The van der Waals surface area contributed by atoms with E-state index in [1.165, 1.54) is 5.56 Å². The maximum absolute atomic E-state index is 11.4. The molecule has 0 spiro atoms. The highest BCUT2D eigenvalue weighted by Crippen LogP contribution is 2.14. The minimum Gasteiger partial charge on any atom is -0.366 e. The van der Waals surface area contributed by atoms with Crippen LogP contribution in [0.5, 0.6) is 0 Å². The minimum absolute atomic E-state index is 0.406. The van der Waals surface area contributed by atoms with Crippen LogP contribution in [0.25, 0.3) is 12.2 Å². The highest BCUT2D eigenvalue weighted by atomic mass is 16.1. The van der Waals surface area contributed by atoms with Crippen molar-refractivity contribution in [2.75, 3.05) is 14.1 Å². The maximum atomic E-state index is 11.4.